The van der Waals surface area contributed by atoms with Gasteiger partial charge in [-0.15, -0.1) is 0 Å². The van der Waals surface area contributed by atoms with Crippen molar-refractivity contribution < 1.29 is 28.6 Å². The first-order valence-electron chi connectivity index (χ1n) is 11.8. The minimum Gasteiger partial charge on any atom is -0.494 e. The van der Waals surface area contributed by atoms with Gasteiger partial charge in [0, 0.05) is 16.3 Å². The van der Waals surface area contributed by atoms with Crippen LogP contribution in [0.3, 0.4) is 0 Å². The minimum absolute atomic E-state index is 0.205. The van der Waals surface area contributed by atoms with E-state index in [9.17, 15) is 14.4 Å². The van der Waals surface area contributed by atoms with Gasteiger partial charge in [0.25, 0.3) is 11.1 Å². The third-order valence-electron chi connectivity index (χ3n) is 5.50. The van der Waals surface area contributed by atoms with Gasteiger partial charge >= 0.3 is 0 Å². The molecule has 0 radical (unpaired) electrons. The molecule has 0 spiro atoms. The molecular weight excluding hydrogens is 655 g/mol. The highest BCUT2D eigenvalue weighted by atomic mass is 127. The lowest BCUT2D eigenvalue weighted by Crippen LogP contribution is -2.36. The smallest absolute Gasteiger partial charge is 0.294 e. The van der Waals surface area contributed by atoms with Gasteiger partial charge in [0.15, 0.2) is 11.5 Å². The van der Waals surface area contributed by atoms with Crippen LogP contribution in [-0.4, -0.2) is 42.2 Å². The van der Waals surface area contributed by atoms with Crippen molar-refractivity contribution in [2.45, 2.75) is 13.5 Å². The van der Waals surface area contributed by atoms with E-state index in [1.165, 1.54) is 7.11 Å². The number of methoxy groups -OCH3 is 1. The molecule has 1 aliphatic rings. The number of anilines is 1. The number of carbonyl (C=O) groups excluding carboxylic acids is 3. The lowest BCUT2D eigenvalue weighted by Gasteiger charge is -2.14. The zero-order valence-electron chi connectivity index (χ0n) is 21.0. The average molecular weight is 679 g/mol. The highest BCUT2D eigenvalue weighted by Crippen LogP contribution is 2.38. The maximum atomic E-state index is 13.0. The van der Waals surface area contributed by atoms with Crippen molar-refractivity contribution in [1.82, 2.24) is 4.90 Å². The van der Waals surface area contributed by atoms with Gasteiger partial charge in [0.05, 0.1) is 22.2 Å². The molecule has 0 atom stereocenters. The number of hydrogen-bond acceptors (Lipinski definition) is 7. The maximum Gasteiger partial charge on any atom is 0.294 e. The first kappa shape index (κ1) is 28.8. The Hall–Kier alpha value is -3.22. The van der Waals surface area contributed by atoms with E-state index in [4.69, 9.17) is 25.8 Å². The Bertz CT molecular complexity index is 1430. The number of hydrogen-bond donors (Lipinski definition) is 1. The summed E-state index contributed by atoms with van der Waals surface area (Å²) in [5, 5.41) is 2.78. The quantitative estimate of drug-likeness (QED) is 0.191. The Morgan fingerprint density at radius 2 is 1.85 bits per heavy atom. The van der Waals surface area contributed by atoms with Crippen molar-refractivity contribution in [3.63, 3.8) is 0 Å². The highest BCUT2D eigenvalue weighted by Gasteiger charge is 2.36. The fourth-order valence-corrected chi connectivity index (χ4v) is 5.47. The molecule has 11 heteroatoms. The van der Waals surface area contributed by atoms with Crippen molar-refractivity contribution in [3.8, 4) is 17.2 Å². The van der Waals surface area contributed by atoms with Crippen LogP contribution >= 0.6 is 46.0 Å². The number of benzene rings is 3. The summed E-state index contributed by atoms with van der Waals surface area (Å²) in [6.45, 7) is 2.27. The second kappa shape index (κ2) is 13.2. The number of nitrogens with zero attached hydrogens (tertiary/aromatic N) is 1. The SMILES string of the molecule is CCOc1ccc(NC(=O)CN2C(=O)S/C(=C/c3cc(I)c(OCc4ccccc4Cl)c(OC)c3)C2=O)cc1. The summed E-state index contributed by atoms with van der Waals surface area (Å²) in [5.74, 6) is 0.653. The van der Waals surface area contributed by atoms with Crippen LogP contribution in [0.2, 0.25) is 5.02 Å². The molecule has 1 N–H and O–H groups in total. The van der Waals surface area contributed by atoms with E-state index >= 15 is 0 Å². The third kappa shape index (κ3) is 7.25. The Morgan fingerprint density at radius 1 is 1.10 bits per heavy atom. The molecule has 1 heterocycles. The molecule has 0 bridgehead atoms. The molecule has 202 valence electrons. The van der Waals surface area contributed by atoms with Gasteiger partial charge in [0.2, 0.25) is 5.91 Å². The van der Waals surface area contributed by atoms with Crippen LogP contribution in [-0.2, 0) is 16.2 Å². The van der Waals surface area contributed by atoms with E-state index < -0.39 is 23.6 Å². The zero-order chi connectivity index (χ0) is 27.9. The molecule has 1 saturated heterocycles. The van der Waals surface area contributed by atoms with Crippen molar-refractivity contribution in [2.24, 2.45) is 0 Å². The molecule has 3 aromatic rings. The van der Waals surface area contributed by atoms with Crippen LogP contribution in [0.4, 0.5) is 10.5 Å². The Morgan fingerprint density at radius 3 is 2.54 bits per heavy atom. The molecule has 0 aromatic heterocycles. The van der Waals surface area contributed by atoms with Gasteiger partial charge in [-0.3, -0.25) is 19.3 Å². The normalized spacial score (nSPS) is 14.1. The average Bonchev–Trinajstić information content (AvgIpc) is 3.17. The number of ether oxygens (including phenoxy) is 3. The van der Waals surface area contributed by atoms with E-state index in [0.29, 0.717) is 40.1 Å². The van der Waals surface area contributed by atoms with E-state index in [-0.39, 0.29) is 11.5 Å². The number of nitrogens with one attached hydrogen (secondary N) is 1. The molecule has 0 unspecified atom stereocenters. The summed E-state index contributed by atoms with van der Waals surface area (Å²) >= 11 is 9.13. The molecule has 3 aromatic carbocycles. The molecule has 1 aliphatic heterocycles. The third-order valence-corrected chi connectivity index (χ3v) is 7.58. The summed E-state index contributed by atoms with van der Waals surface area (Å²) in [7, 11) is 1.52. The zero-order valence-corrected chi connectivity index (χ0v) is 24.8. The van der Waals surface area contributed by atoms with Crippen molar-refractivity contribution in [3.05, 3.63) is 85.3 Å². The molecule has 8 nitrogen and oxygen atoms in total. The molecule has 1 fully saturated rings. The first-order chi connectivity index (χ1) is 18.8. The predicted molar refractivity (Wildman–Crippen MR) is 160 cm³/mol. The van der Waals surface area contributed by atoms with Crippen molar-refractivity contribution in [2.75, 3.05) is 25.6 Å². The van der Waals surface area contributed by atoms with Crippen LogP contribution in [0.15, 0.2) is 65.6 Å². The Balaban J connectivity index is 1.44. The first-order valence-corrected chi connectivity index (χ1v) is 14.1. The Labute approximate surface area is 248 Å². The van der Waals surface area contributed by atoms with E-state index in [0.717, 1.165) is 25.8 Å². The molecule has 39 heavy (non-hydrogen) atoms. The van der Waals surface area contributed by atoms with Crippen LogP contribution in [0.25, 0.3) is 6.08 Å². The molecule has 3 amide bonds. The number of amides is 3. The molecule has 0 saturated carbocycles. The number of imide groups is 1. The van der Waals surface area contributed by atoms with Crippen LogP contribution in [0.1, 0.15) is 18.1 Å². The summed E-state index contributed by atoms with van der Waals surface area (Å²) in [6, 6.07) is 17.8. The van der Waals surface area contributed by atoms with Gasteiger partial charge < -0.3 is 19.5 Å². The molecule has 0 aliphatic carbocycles. The lowest BCUT2D eigenvalue weighted by atomic mass is 10.1. The summed E-state index contributed by atoms with van der Waals surface area (Å²) in [5.41, 5.74) is 2.01. The second-order valence-electron chi connectivity index (χ2n) is 8.19. The number of halogens is 2. The van der Waals surface area contributed by atoms with Gasteiger partial charge in [-0.1, -0.05) is 29.8 Å². The lowest BCUT2D eigenvalue weighted by molar-refractivity contribution is -0.127. The fraction of sp³-hybridized carbons (Fsp3) is 0.179. The van der Waals surface area contributed by atoms with Crippen molar-refractivity contribution >= 4 is 74.8 Å². The largest absolute Gasteiger partial charge is 0.494 e. The standard InChI is InChI=1S/C28H24ClIN2O6S/c1-3-37-20-10-8-19(9-11-20)31-25(33)15-32-27(34)24(39-28(32)35)14-17-12-22(30)26(23(13-17)36-2)38-16-18-6-4-5-7-21(18)29/h4-14H,3,15-16H2,1-2H3,(H,31,33)/b24-14+. The van der Waals surface area contributed by atoms with Gasteiger partial charge in [0.1, 0.15) is 18.9 Å². The van der Waals surface area contributed by atoms with Crippen LogP contribution < -0.4 is 19.5 Å². The topological polar surface area (TPSA) is 94.2 Å². The summed E-state index contributed by atoms with van der Waals surface area (Å²) < 4.78 is 17.7. The van der Waals surface area contributed by atoms with Crippen molar-refractivity contribution in [1.29, 1.82) is 0 Å². The van der Waals surface area contributed by atoms with Gasteiger partial charge in [-0.2, -0.15) is 0 Å². The summed E-state index contributed by atoms with van der Waals surface area (Å²) in [4.78, 5) is 39.2. The van der Waals surface area contributed by atoms with E-state index in [1.54, 1.807) is 42.5 Å². The van der Waals surface area contributed by atoms with E-state index in [2.05, 4.69) is 27.9 Å². The van der Waals surface area contributed by atoms with Gasteiger partial charge in [-0.25, -0.2) is 0 Å². The van der Waals surface area contributed by atoms with Gasteiger partial charge in [-0.05, 0) is 95.4 Å². The second-order valence-corrected chi connectivity index (χ2v) is 10.8. The number of thioether (sulfide) groups is 1. The minimum atomic E-state index is -0.542. The predicted octanol–water partition coefficient (Wildman–Crippen LogP) is 6.61. The Kier molecular flexibility index (Phi) is 9.76. The molecule has 4 rings (SSSR count). The van der Waals surface area contributed by atoms with Crippen LogP contribution in [0.5, 0.6) is 17.2 Å². The van der Waals surface area contributed by atoms with Crippen LogP contribution in [0, 0.1) is 3.57 Å². The highest BCUT2D eigenvalue weighted by molar-refractivity contribution is 14.1. The maximum absolute atomic E-state index is 13.0. The number of rotatable bonds is 10. The molecular formula is C28H24ClIN2O6S. The fourth-order valence-electron chi connectivity index (χ4n) is 3.66. The number of carbonyl (C=O) groups is 3. The monoisotopic (exact) mass is 678 g/mol. The van der Waals surface area contributed by atoms with E-state index in [1.807, 2.05) is 31.2 Å². The summed E-state index contributed by atoms with van der Waals surface area (Å²) in [6.07, 6.45) is 1.60.